The lowest BCUT2D eigenvalue weighted by atomic mass is 10.2. The lowest BCUT2D eigenvalue weighted by Crippen LogP contribution is -2.31. The third kappa shape index (κ3) is 5.63. The first-order chi connectivity index (χ1) is 8.26. The highest BCUT2D eigenvalue weighted by Crippen LogP contribution is 2.15. The fourth-order valence-corrected chi connectivity index (χ4v) is 1.54. The third-order valence-corrected chi connectivity index (χ3v) is 2.72. The molecular weight excluding hydrogens is 234 g/mol. The van der Waals surface area contributed by atoms with Crippen LogP contribution in [0.4, 0.5) is 0 Å². The van der Waals surface area contributed by atoms with Crippen LogP contribution in [0.15, 0.2) is 24.3 Å². The molecule has 0 radical (unpaired) electrons. The predicted octanol–water partition coefficient (Wildman–Crippen LogP) is 3.11. The van der Waals surface area contributed by atoms with Crippen molar-refractivity contribution in [1.82, 2.24) is 5.32 Å². The molecule has 1 N–H and O–H groups in total. The lowest BCUT2D eigenvalue weighted by Gasteiger charge is -2.15. The summed E-state index contributed by atoms with van der Waals surface area (Å²) in [5, 5.41) is 3.95. The van der Waals surface area contributed by atoms with Gasteiger partial charge in [0.25, 0.3) is 0 Å². The van der Waals surface area contributed by atoms with Crippen LogP contribution in [0.2, 0.25) is 5.02 Å². The van der Waals surface area contributed by atoms with Crippen LogP contribution in [-0.4, -0.2) is 19.7 Å². The Kier molecular flexibility index (Phi) is 6.54. The normalized spacial score (nSPS) is 11.5. The molecule has 3 heteroatoms. The molecule has 0 bridgehead atoms. The van der Waals surface area contributed by atoms with E-state index in [1.807, 2.05) is 38.2 Å². The molecule has 1 atom stereocenters. The van der Waals surface area contributed by atoms with Gasteiger partial charge in [0, 0.05) is 17.5 Å². The Balaban J connectivity index is 2.35. The van der Waals surface area contributed by atoms with Crippen molar-refractivity contribution in [2.75, 3.05) is 13.7 Å². The Morgan fingerprint density at radius 3 is 2.65 bits per heavy atom. The molecule has 0 aromatic heterocycles. The van der Waals surface area contributed by atoms with Gasteiger partial charge in [0.1, 0.15) is 12.4 Å². The van der Waals surface area contributed by atoms with E-state index in [2.05, 4.69) is 17.2 Å². The minimum absolute atomic E-state index is 0.325. The Labute approximate surface area is 108 Å². The largest absolute Gasteiger partial charge is 0.492 e. The van der Waals surface area contributed by atoms with Gasteiger partial charge in [-0.05, 0) is 44.7 Å². The summed E-state index contributed by atoms with van der Waals surface area (Å²) in [6.07, 6.45) is 1.89. The highest BCUT2D eigenvalue weighted by atomic mass is 35.5. The van der Waals surface area contributed by atoms with E-state index in [9.17, 15) is 0 Å². The van der Waals surface area contributed by atoms with E-state index < -0.39 is 0 Å². The number of benzene rings is 1. The van der Waals surface area contributed by atoms with Crippen LogP contribution in [0, 0.1) is 11.8 Å². The molecule has 0 aliphatic rings. The van der Waals surface area contributed by atoms with Crippen molar-refractivity contribution in [3.8, 4) is 17.6 Å². The summed E-state index contributed by atoms with van der Waals surface area (Å²) in [4.78, 5) is 0. The summed E-state index contributed by atoms with van der Waals surface area (Å²) in [6, 6.07) is 7.73. The van der Waals surface area contributed by atoms with Gasteiger partial charge in [-0.15, -0.1) is 11.8 Å². The zero-order valence-electron chi connectivity index (χ0n) is 10.3. The maximum atomic E-state index is 5.80. The zero-order valence-corrected chi connectivity index (χ0v) is 11.1. The van der Waals surface area contributed by atoms with E-state index >= 15 is 0 Å². The summed E-state index contributed by atoms with van der Waals surface area (Å²) < 4.78 is 5.68. The van der Waals surface area contributed by atoms with Crippen molar-refractivity contribution >= 4 is 11.6 Å². The maximum Gasteiger partial charge on any atom is 0.119 e. The van der Waals surface area contributed by atoms with Crippen LogP contribution in [0.1, 0.15) is 19.8 Å². The van der Waals surface area contributed by atoms with Crippen LogP contribution in [-0.2, 0) is 0 Å². The van der Waals surface area contributed by atoms with Crippen molar-refractivity contribution in [2.45, 2.75) is 25.8 Å². The second kappa shape index (κ2) is 8.00. The highest BCUT2D eigenvalue weighted by Gasteiger charge is 2.05. The van der Waals surface area contributed by atoms with Gasteiger partial charge in [0.2, 0.25) is 0 Å². The number of hydrogen-bond acceptors (Lipinski definition) is 2. The average Bonchev–Trinajstić information content (AvgIpc) is 2.35. The molecule has 0 fully saturated rings. The van der Waals surface area contributed by atoms with Gasteiger partial charge in [-0.2, -0.15) is 0 Å². The second-order valence-electron chi connectivity index (χ2n) is 3.72. The standard InChI is InChI=1S/C14H18ClNO/c1-3-4-5-6-13(16-2)11-17-14-9-7-12(15)8-10-14/h7-10,13,16H,5-6,11H2,1-2H3. The average molecular weight is 252 g/mol. The number of hydrogen-bond donors (Lipinski definition) is 1. The molecule has 0 saturated heterocycles. The SMILES string of the molecule is CC#CCCC(COc1ccc(Cl)cc1)NC. The first-order valence-corrected chi connectivity index (χ1v) is 6.09. The molecule has 1 rings (SSSR count). The van der Waals surface area contributed by atoms with E-state index in [4.69, 9.17) is 16.3 Å². The summed E-state index contributed by atoms with van der Waals surface area (Å²) >= 11 is 5.80. The molecule has 0 saturated carbocycles. The van der Waals surface area contributed by atoms with Gasteiger partial charge in [0.15, 0.2) is 0 Å². The summed E-state index contributed by atoms with van der Waals surface area (Å²) in [7, 11) is 1.94. The van der Waals surface area contributed by atoms with Gasteiger partial charge in [-0.1, -0.05) is 11.6 Å². The molecule has 2 nitrogen and oxygen atoms in total. The fourth-order valence-electron chi connectivity index (χ4n) is 1.41. The number of nitrogens with one attached hydrogen (secondary N) is 1. The van der Waals surface area contributed by atoms with E-state index in [1.54, 1.807) is 0 Å². The van der Waals surface area contributed by atoms with Gasteiger partial charge >= 0.3 is 0 Å². The molecule has 0 spiro atoms. The van der Waals surface area contributed by atoms with Crippen LogP contribution in [0.3, 0.4) is 0 Å². The lowest BCUT2D eigenvalue weighted by molar-refractivity contribution is 0.264. The molecule has 1 aromatic carbocycles. The second-order valence-corrected chi connectivity index (χ2v) is 4.15. The van der Waals surface area contributed by atoms with Gasteiger partial charge in [-0.25, -0.2) is 0 Å². The van der Waals surface area contributed by atoms with Crippen LogP contribution < -0.4 is 10.1 Å². The van der Waals surface area contributed by atoms with E-state index in [0.717, 1.165) is 23.6 Å². The fraction of sp³-hybridized carbons (Fsp3) is 0.429. The minimum Gasteiger partial charge on any atom is -0.492 e. The molecular formula is C14H18ClNO. The Morgan fingerprint density at radius 2 is 2.06 bits per heavy atom. The van der Waals surface area contributed by atoms with Crippen molar-refractivity contribution < 1.29 is 4.74 Å². The van der Waals surface area contributed by atoms with Crippen molar-refractivity contribution in [1.29, 1.82) is 0 Å². The summed E-state index contributed by atoms with van der Waals surface area (Å²) in [6.45, 7) is 2.50. The molecule has 0 heterocycles. The first-order valence-electron chi connectivity index (χ1n) is 5.71. The van der Waals surface area contributed by atoms with E-state index in [0.29, 0.717) is 12.6 Å². The number of likely N-dealkylation sites (N-methyl/N-ethyl adjacent to an activating group) is 1. The molecule has 92 valence electrons. The smallest absolute Gasteiger partial charge is 0.119 e. The number of ether oxygens (including phenoxy) is 1. The predicted molar refractivity (Wildman–Crippen MR) is 72.5 cm³/mol. The molecule has 1 unspecified atom stereocenters. The van der Waals surface area contributed by atoms with Crippen LogP contribution >= 0.6 is 11.6 Å². The van der Waals surface area contributed by atoms with Crippen LogP contribution in [0.5, 0.6) is 5.75 Å². The topological polar surface area (TPSA) is 21.3 Å². The van der Waals surface area contributed by atoms with Crippen molar-refractivity contribution in [3.63, 3.8) is 0 Å². The minimum atomic E-state index is 0.325. The van der Waals surface area contributed by atoms with Gasteiger partial charge in [-0.3, -0.25) is 0 Å². The van der Waals surface area contributed by atoms with Gasteiger partial charge < -0.3 is 10.1 Å². The quantitative estimate of drug-likeness (QED) is 0.785. The summed E-state index contributed by atoms with van der Waals surface area (Å²) in [5.41, 5.74) is 0. The Hall–Kier alpha value is -1.17. The monoisotopic (exact) mass is 251 g/mol. The molecule has 0 amide bonds. The first kappa shape index (κ1) is 13.9. The van der Waals surface area contributed by atoms with E-state index in [-0.39, 0.29) is 0 Å². The van der Waals surface area contributed by atoms with Crippen LogP contribution in [0.25, 0.3) is 0 Å². The van der Waals surface area contributed by atoms with Gasteiger partial charge in [0.05, 0.1) is 0 Å². The summed E-state index contributed by atoms with van der Waals surface area (Å²) in [5.74, 6) is 6.79. The molecule has 0 aliphatic carbocycles. The van der Waals surface area contributed by atoms with Crippen molar-refractivity contribution in [2.24, 2.45) is 0 Å². The van der Waals surface area contributed by atoms with E-state index in [1.165, 1.54) is 0 Å². The van der Waals surface area contributed by atoms with Crippen molar-refractivity contribution in [3.05, 3.63) is 29.3 Å². The third-order valence-electron chi connectivity index (χ3n) is 2.47. The maximum absolute atomic E-state index is 5.80. The number of rotatable bonds is 6. The highest BCUT2D eigenvalue weighted by molar-refractivity contribution is 6.30. The Bertz CT molecular complexity index is 377. The number of halogens is 1. The zero-order chi connectivity index (χ0) is 12.5. The Morgan fingerprint density at radius 1 is 1.35 bits per heavy atom. The molecule has 0 aliphatic heterocycles. The molecule has 1 aromatic rings. The molecule has 17 heavy (non-hydrogen) atoms.